The summed E-state index contributed by atoms with van der Waals surface area (Å²) in [6.07, 6.45) is 2.46. The highest BCUT2D eigenvalue weighted by molar-refractivity contribution is 5.84. The lowest BCUT2D eigenvalue weighted by atomic mass is 10.0. The van der Waals surface area contributed by atoms with E-state index in [1.54, 1.807) is 7.11 Å². The van der Waals surface area contributed by atoms with Crippen molar-refractivity contribution in [1.29, 1.82) is 0 Å². The number of nitrogens with zero attached hydrogens (tertiary/aromatic N) is 3. The standard InChI is InChI=1S/C21H29N3O2/c1-3-5-18-14-26-15-19-13-23(10-11-24(18)19)12-17-9-8-16-6-4-7-20(25-2)21(16)22-17/h4,6-9,18-19H,3,5,10-15H2,1-2H3/t18-,19+/m0/s1. The zero-order valence-corrected chi connectivity index (χ0v) is 15.9. The largest absolute Gasteiger partial charge is 0.494 e. The molecule has 0 unspecified atom stereocenters. The normalized spacial score (nSPS) is 24.5. The van der Waals surface area contributed by atoms with Gasteiger partial charge in [-0.1, -0.05) is 31.5 Å². The van der Waals surface area contributed by atoms with E-state index in [-0.39, 0.29) is 0 Å². The van der Waals surface area contributed by atoms with Crippen molar-refractivity contribution < 1.29 is 9.47 Å². The van der Waals surface area contributed by atoms with Crippen molar-refractivity contribution in [3.05, 3.63) is 36.0 Å². The maximum Gasteiger partial charge on any atom is 0.145 e. The Morgan fingerprint density at radius 1 is 1.19 bits per heavy atom. The van der Waals surface area contributed by atoms with Crippen molar-refractivity contribution in [2.24, 2.45) is 0 Å². The van der Waals surface area contributed by atoms with Crippen LogP contribution < -0.4 is 4.74 Å². The number of fused-ring (bicyclic) bond motifs is 2. The maximum absolute atomic E-state index is 5.89. The number of morpholine rings is 1. The number of rotatable bonds is 5. The number of benzene rings is 1. The van der Waals surface area contributed by atoms with Crippen LogP contribution >= 0.6 is 0 Å². The van der Waals surface area contributed by atoms with Gasteiger partial charge in [0.15, 0.2) is 0 Å². The highest BCUT2D eigenvalue weighted by Crippen LogP contribution is 2.25. The van der Waals surface area contributed by atoms with E-state index in [1.165, 1.54) is 12.8 Å². The van der Waals surface area contributed by atoms with E-state index in [9.17, 15) is 0 Å². The molecule has 2 aromatic rings. The molecule has 4 rings (SSSR count). The molecule has 2 aliphatic rings. The Morgan fingerprint density at radius 3 is 2.96 bits per heavy atom. The molecule has 0 spiro atoms. The summed E-state index contributed by atoms with van der Waals surface area (Å²) in [5, 5.41) is 1.13. The number of para-hydroxylation sites is 1. The molecular formula is C21H29N3O2. The lowest BCUT2D eigenvalue weighted by Crippen LogP contribution is -2.61. The third kappa shape index (κ3) is 3.56. The van der Waals surface area contributed by atoms with Crippen LogP contribution in [0.15, 0.2) is 30.3 Å². The predicted octanol–water partition coefficient (Wildman–Crippen LogP) is 2.93. The smallest absolute Gasteiger partial charge is 0.145 e. The molecule has 2 aliphatic heterocycles. The first-order valence-electron chi connectivity index (χ1n) is 9.77. The molecule has 140 valence electrons. The Morgan fingerprint density at radius 2 is 2.12 bits per heavy atom. The maximum atomic E-state index is 5.89. The predicted molar refractivity (Wildman–Crippen MR) is 104 cm³/mol. The van der Waals surface area contributed by atoms with Crippen LogP contribution in [0.3, 0.4) is 0 Å². The van der Waals surface area contributed by atoms with Gasteiger partial charge in [0.25, 0.3) is 0 Å². The number of methoxy groups -OCH3 is 1. The summed E-state index contributed by atoms with van der Waals surface area (Å²) in [7, 11) is 1.71. The van der Waals surface area contributed by atoms with Crippen LogP contribution in [0, 0.1) is 0 Å². The molecule has 0 saturated carbocycles. The van der Waals surface area contributed by atoms with Gasteiger partial charge in [0, 0.05) is 43.6 Å². The zero-order chi connectivity index (χ0) is 17.9. The van der Waals surface area contributed by atoms with Crippen LogP contribution in [0.25, 0.3) is 10.9 Å². The molecule has 26 heavy (non-hydrogen) atoms. The van der Waals surface area contributed by atoms with Crippen molar-refractivity contribution in [2.75, 3.05) is 40.0 Å². The Kier molecular flexibility index (Phi) is 5.38. The van der Waals surface area contributed by atoms with Crippen LogP contribution in [0.4, 0.5) is 0 Å². The highest BCUT2D eigenvalue weighted by atomic mass is 16.5. The number of hydrogen-bond donors (Lipinski definition) is 0. The van der Waals surface area contributed by atoms with E-state index in [0.29, 0.717) is 12.1 Å². The fourth-order valence-electron chi connectivity index (χ4n) is 4.37. The Balaban J connectivity index is 1.46. The molecule has 5 nitrogen and oxygen atoms in total. The molecule has 0 bridgehead atoms. The molecule has 2 atom stereocenters. The molecule has 5 heteroatoms. The molecule has 1 aromatic carbocycles. The van der Waals surface area contributed by atoms with Gasteiger partial charge in [-0.2, -0.15) is 0 Å². The monoisotopic (exact) mass is 355 g/mol. The summed E-state index contributed by atoms with van der Waals surface area (Å²) in [4.78, 5) is 10.1. The van der Waals surface area contributed by atoms with Gasteiger partial charge in [0.1, 0.15) is 11.3 Å². The second kappa shape index (κ2) is 7.91. The van der Waals surface area contributed by atoms with Crippen molar-refractivity contribution in [2.45, 2.75) is 38.4 Å². The van der Waals surface area contributed by atoms with Gasteiger partial charge in [0.2, 0.25) is 0 Å². The van der Waals surface area contributed by atoms with Gasteiger partial charge in [-0.3, -0.25) is 9.80 Å². The van der Waals surface area contributed by atoms with Gasteiger partial charge in [-0.05, 0) is 18.6 Å². The van der Waals surface area contributed by atoms with Gasteiger partial charge in [-0.25, -0.2) is 4.98 Å². The molecule has 2 fully saturated rings. The van der Waals surface area contributed by atoms with E-state index in [2.05, 4.69) is 34.9 Å². The number of aromatic nitrogens is 1. The van der Waals surface area contributed by atoms with Crippen molar-refractivity contribution in [3.8, 4) is 5.75 Å². The Hall–Kier alpha value is -1.69. The van der Waals surface area contributed by atoms with Crippen molar-refractivity contribution in [1.82, 2.24) is 14.8 Å². The first-order chi connectivity index (χ1) is 12.8. The topological polar surface area (TPSA) is 37.8 Å². The third-order valence-electron chi connectivity index (χ3n) is 5.67. The van der Waals surface area contributed by atoms with Crippen molar-refractivity contribution in [3.63, 3.8) is 0 Å². The van der Waals surface area contributed by atoms with E-state index in [0.717, 1.165) is 61.7 Å². The molecule has 0 radical (unpaired) electrons. The number of ether oxygens (including phenoxy) is 2. The quantitative estimate of drug-likeness (QED) is 0.824. The molecule has 0 amide bonds. The van der Waals surface area contributed by atoms with Crippen LogP contribution in [0.1, 0.15) is 25.5 Å². The highest BCUT2D eigenvalue weighted by Gasteiger charge is 2.35. The van der Waals surface area contributed by atoms with E-state index in [1.807, 2.05) is 12.1 Å². The average molecular weight is 355 g/mol. The minimum Gasteiger partial charge on any atom is -0.494 e. The average Bonchev–Trinajstić information content (AvgIpc) is 2.68. The van der Waals surface area contributed by atoms with Gasteiger partial charge in [-0.15, -0.1) is 0 Å². The molecule has 0 aliphatic carbocycles. The minimum atomic E-state index is 0.518. The molecule has 2 saturated heterocycles. The first-order valence-corrected chi connectivity index (χ1v) is 9.77. The summed E-state index contributed by atoms with van der Waals surface area (Å²) in [6.45, 7) is 8.20. The summed E-state index contributed by atoms with van der Waals surface area (Å²) in [5.41, 5.74) is 2.06. The molecular weight excluding hydrogens is 326 g/mol. The van der Waals surface area contributed by atoms with Crippen LogP contribution in [0.2, 0.25) is 0 Å². The third-order valence-corrected chi connectivity index (χ3v) is 5.67. The van der Waals surface area contributed by atoms with E-state index >= 15 is 0 Å². The van der Waals surface area contributed by atoms with Crippen LogP contribution in [-0.2, 0) is 11.3 Å². The Bertz CT molecular complexity index is 749. The van der Waals surface area contributed by atoms with Gasteiger partial charge < -0.3 is 9.47 Å². The first kappa shape index (κ1) is 17.7. The minimum absolute atomic E-state index is 0.518. The Labute approximate surface area is 155 Å². The van der Waals surface area contributed by atoms with Gasteiger partial charge in [0.05, 0.1) is 26.0 Å². The number of pyridine rings is 1. The van der Waals surface area contributed by atoms with Crippen LogP contribution in [-0.4, -0.2) is 66.8 Å². The fourth-order valence-corrected chi connectivity index (χ4v) is 4.37. The SMILES string of the molecule is CCC[C@H]1COC[C@H]2CN(Cc3ccc4cccc(OC)c4n3)CCN12. The molecule has 3 heterocycles. The summed E-state index contributed by atoms with van der Waals surface area (Å²) >= 11 is 0. The molecule has 0 N–H and O–H groups in total. The van der Waals surface area contributed by atoms with E-state index < -0.39 is 0 Å². The lowest BCUT2D eigenvalue weighted by molar-refractivity contribution is -0.0842. The number of piperazine rings is 1. The van der Waals surface area contributed by atoms with Crippen LogP contribution in [0.5, 0.6) is 5.75 Å². The van der Waals surface area contributed by atoms with Crippen molar-refractivity contribution >= 4 is 10.9 Å². The summed E-state index contributed by atoms with van der Waals surface area (Å²) in [5.74, 6) is 0.845. The lowest BCUT2D eigenvalue weighted by Gasteiger charge is -2.48. The van der Waals surface area contributed by atoms with Gasteiger partial charge >= 0.3 is 0 Å². The zero-order valence-electron chi connectivity index (χ0n) is 15.9. The second-order valence-corrected chi connectivity index (χ2v) is 7.44. The summed E-state index contributed by atoms with van der Waals surface area (Å²) in [6, 6.07) is 11.5. The summed E-state index contributed by atoms with van der Waals surface area (Å²) < 4.78 is 11.4. The second-order valence-electron chi connectivity index (χ2n) is 7.44. The molecule has 1 aromatic heterocycles. The number of hydrogen-bond acceptors (Lipinski definition) is 5. The fraction of sp³-hybridized carbons (Fsp3) is 0.571. The van der Waals surface area contributed by atoms with E-state index in [4.69, 9.17) is 14.5 Å².